The highest BCUT2D eigenvalue weighted by Gasteiger charge is 2.46. The number of amides is 2. The van der Waals surface area contributed by atoms with Crippen LogP contribution in [0.5, 0.6) is 0 Å². The van der Waals surface area contributed by atoms with Crippen molar-refractivity contribution in [3.8, 4) is 0 Å². The molecule has 2 unspecified atom stereocenters. The van der Waals surface area contributed by atoms with E-state index in [1.807, 2.05) is 13.8 Å². The molecule has 1 aromatic rings. The third kappa shape index (κ3) is 2.88. The second-order valence-electron chi connectivity index (χ2n) is 5.50. The number of nitrogens with one attached hydrogen (secondary N) is 1. The summed E-state index contributed by atoms with van der Waals surface area (Å²) in [6, 6.07) is 1.32. The fraction of sp³-hybridized carbons (Fsp3) is 0.533. The molecule has 5 nitrogen and oxygen atoms in total. The summed E-state index contributed by atoms with van der Waals surface area (Å²) in [4.78, 5) is 30.6. The maximum absolute atomic E-state index is 12.8. The normalized spacial score (nSPS) is 25.9. The first-order valence-electron chi connectivity index (χ1n) is 7.14. The van der Waals surface area contributed by atoms with Crippen LogP contribution in [0.15, 0.2) is 18.5 Å². The van der Waals surface area contributed by atoms with Gasteiger partial charge in [0.2, 0.25) is 11.8 Å². The topological polar surface area (TPSA) is 62.3 Å². The number of hydrogen-bond acceptors (Lipinski definition) is 3. The van der Waals surface area contributed by atoms with Crippen LogP contribution in [0.2, 0.25) is 5.02 Å². The molecule has 2 heterocycles. The average Bonchev–Trinajstić information content (AvgIpc) is 2.47. The van der Waals surface area contributed by atoms with Crippen molar-refractivity contribution in [2.45, 2.75) is 51.7 Å². The summed E-state index contributed by atoms with van der Waals surface area (Å²) in [5.41, 5.74) is -0.0472. The van der Waals surface area contributed by atoms with Gasteiger partial charge in [-0.15, -0.1) is 0 Å². The Balaban J connectivity index is 2.34. The van der Waals surface area contributed by atoms with Crippen LogP contribution in [0.1, 0.15) is 39.2 Å². The number of carbonyl (C=O) groups is 2. The predicted molar refractivity (Wildman–Crippen MR) is 80.7 cm³/mol. The maximum Gasteiger partial charge on any atom is 0.249 e. The third-order valence-corrected chi connectivity index (χ3v) is 4.44. The molecule has 1 fully saturated rings. The number of pyridine rings is 1. The van der Waals surface area contributed by atoms with Crippen LogP contribution in [0, 0.1) is 0 Å². The van der Waals surface area contributed by atoms with Crippen LogP contribution in [-0.4, -0.2) is 33.3 Å². The molecule has 0 aliphatic carbocycles. The largest absolute Gasteiger partial charge is 0.340 e. The van der Waals surface area contributed by atoms with E-state index in [1.54, 1.807) is 30.3 Å². The zero-order chi connectivity index (χ0) is 15.6. The van der Waals surface area contributed by atoms with Crippen molar-refractivity contribution in [1.29, 1.82) is 0 Å². The molecule has 0 radical (unpaired) electrons. The number of hydrogen-bond donors (Lipinski definition) is 1. The molecular weight excluding hydrogens is 290 g/mol. The molecular formula is C15H20ClN3O2. The monoisotopic (exact) mass is 309 g/mol. The number of halogens is 1. The van der Waals surface area contributed by atoms with Crippen LogP contribution in [-0.2, 0) is 16.1 Å². The minimum atomic E-state index is -0.845. The van der Waals surface area contributed by atoms with E-state index in [0.29, 0.717) is 24.4 Å². The minimum Gasteiger partial charge on any atom is -0.340 e. The first-order chi connectivity index (χ1) is 9.92. The lowest BCUT2D eigenvalue weighted by Gasteiger charge is -2.44. The van der Waals surface area contributed by atoms with Gasteiger partial charge in [-0.1, -0.05) is 25.4 Å². The third-order valence-electron chi connectivity index (χ3n) is 4.10. The SMILES string of the molecule is CCC1C(=O)NC(C)(CC)C(=O)N1Cc1ccncc1Cl. The van der Waals surface area contributed by atoms with Gasteiger partial charge in [-0.25, -0.2) is 0 Å². The van der Waals surface area contributed by atoms with Crippen molar-refractivity contribution < 1.29 is 9.59 Å². The quantitative estimate of drug-likeness (QED) is 0.927. The molecule has 0 spiro atoms. The van der Waals surface area contributed by atoms with Crippen LogP contribution in [0.4, 0.5) is 0 Å². The van der Waals surface area contributed by atoms with Crippen molar-refractivity contribution in [3.05, 3.63) is 29.0 Å². The molecule has 1 aliphatic heterocycles. The standard InChI is InChI=1S/C15H20ClN3O2/c1-4-12-13(20)18-15(3,5-2)14(21)19(12)9-10-6-7-17-8-11(10)16/h6-8,12H,4-5,9H2,1-3H3,(H,18,20). The molecule has 6 heteroatoms. The van der Waals surface area contributed by atoms with Gasteiger partial charge in [0.15, 0.2) is 0 Å². The number of aromatic nitrogens is 1. The molecule has 2 atom stereocenters. The summed E-state index contributed by atoms with van der Waals surface area (Å²) in [5, 5.41) is 3.35. The van der Waals surface area contributed by atoms with Gasteiger partial charge >= 0.3 is 0 Å². The van der Waals surface area contributed by atoms with E-state index in [2.05, 4.69) is 10.3 Å². The number of piperazine rings is 1. The fourth-order valence-corrected chi connectivity index (χ4v) is 2.73. The van der Waals surface area contributed by atoms with Gasteiger partial charge in [0, 0.05) is 18.9 Å². The van der Waals surface area contributed by atoms with E-state index in [0.717, 1.165) is 5.56 Å². The van der Waals surface area contributed by atoms with Gasteiger partial charge in [-0.3, -0.25) is 14.6 Å². The predicted octanol–water partition coefficient (Wildman–Crippen LogP) is 2.14. The van der Waals surface area contributed by atoms with Crippen LogP contribution in [0.3, 0.4) is 0 Å². The number of rotatable bonds is 4. The zero-order valence-corrected chi connectivity index (χ0v) is 13.3. The van der Waals surface area contributed by atoms with E-state index in [-0.39, 0.29) is 11.8 Å². The summed E-state index contributed by atoms with van der Waals surface area (Å²) in [6.07, 6.45) is 4.30. The van der Waals surface area contributed by atoms with Crippen molar-refractivity contribution >= 4 is 23.4 Å². The Morgan fingerprint density at radius 2 is 2.14 bits per heavy atom. The first-order valence-corrected chi connectivity index (χ1v) is 7.52. The van der Waals surface area contributed by atoms with Gasteiger partial charge in [0.1, 0.15) is 11.6 Å². The lowest BCUT2D eigenvalue weighted by atomic mass is 9.91. The Morgan fingerprint density at radius 3 is 2.71 bits per heavy atom. The van der Waals surface area contributed by atoms with Crippen LogP contribution in [0.25, 0.3) is 0 Å². The summed E-state index contributed by atoms with van der Waals surface area (Å²) >= 11 is 6.12. The van der Waals surface area contributed by atoms with Gasteiger partial charge in [-0.2, -0.15) is 0 Å². The van der Waals surface area contributed by atoms with E-state index in [9.17, 15) is 9.59 Å². The van der Waals surface area contributed by atoms with E-state index in [4.69, 9.17) is 11.6 Å². The van der Waals surface area contributed by atoms with Crippen molar-refractivity contribution in [2.75, 3.05) is 0 Å². The Kier molecular flexibility index (Phi) is 4.52. The molecule has 0 bridgehead atoms. The Hall–Kier alpha value is -1.62. The Morgan fingerprint density at radius 1 is 1.43 bits per heavy atom. The summed E-state index contributed by atoms with van der Waals surface area (Å²) < 4.78 is 0. The molecule has 1 N–H and O–H groups in total. The second-order valence-corrected chi connectivity index (χ2v) is 5.91. The smallest absolute Gasteiger partial charge is 0.249 e. The fourth-order valence-electron chi connectivity index (χ4n) is 2.55. The lowest BCUT2D eigenvalue weighted by Crippen LogP contribution is -2.68. The highest BCUT2D eigenvalue weighted by Crippen LogP contribution is 2.26. The Labute approximate surface area is 129 Å². The molecule has 1 saturated heterocycles. The van der Waals surface area contributed by atoms with Crippen molar-refractivity contribution in [2.24, 2.45) is 0 Å². The zero-order valence-electron chi connectivity index (χ0n) is 12.5. The summed E-state index contributed by atoms with van der Waals surface area (Å²) in [6.45, 7) is 5.87. The van der Waals surface area contributed by atoms with Crippen molar-refractivity contribution in [1.82, 2.24) is 15.2 Å². The van der Waals surface area contributed by atoms with E-state index < -0.39 is 11.6 Å². The van der Waals surface area contributed by atoms with E-state index >= 15 is 0 Å². The maximum atomic E-state index is 12.8. The first kappa shape index (κ1) is 15.8. The van der Waals surface area contributed by atoms with Gasteiger partial charge < -0.3 is 10.2 Å². The summed E-state index contributed by atoms with van der Waals surface area (Å²) in [7, 11) is 0. The molecule has 21 heavy (non-hydrogen) atoms. The highest BCUT2D eigenvalue weighted by molar-refractivity contribution is 6.31. The van der Waals surface area contributed by atoms with Crippen LogP contribution >= 0.6 is 11.6 Å². The van der Waals surface area contributed by atoms with Gasteiger partial charge in [0.25, 0.3) is 0 Å². The lowest BCUT2D eigenvalue weighted by molar-refractivity contribution is -0.155. The molecule has 1 aromatic heterocycles. The molecule has 114 valence electrons. The van der Waals surface area contributed by atoms with Gasteiger partial charge in [-0.05, 0) is 31.4 Å². The molecule has 1 aliphatic rings. The second kappa shape index (κ2) is 6.02. The minimum absolute atomic E-state index is 0.0654. The molecule has 0 aromatic carbocycles. The molecule has 2 amide bonds. The average molecular weight is 310 g/mol. The van der Waals surface area contributed by atoms with E-state index in [1.165, 1.54) is 0 Å². The summed E-state index contributed by atoms with van der Waals surface area (Å²) in [5.74, 6) is -0.170. The number of carbonyl (C=O) groups excluding carboxylic acids is 2. The van der Waals surface area contributed by atoms with Crippen molar-refractivity contribution in [3.63, 3.8) is 0 Å². The highest BCUT2D eigenvalue weighted by atomic mass is 35.5. The Bertz CT molecular complexity index is 564. The molecule has 2 rings (SSSR count). The number of nitrogens with zero attached hydrogens (tertiary/aromatic N) is 2. The molecule has 0 saturated carbocycles. The van der Waals surface area contributed by atoms with Crippen LogP contribution < -0.4 is 5.32 Å². The van der Waals surface area contributed by atoms with Gasteiger partial charge in [0.05, 0.1) is 5.02 Å².